The molecule has 1 saturated carbocycles. The smallest absolute Gasteiger partial charge is 0.185 e. The van der Waals surface area contributed by atoms with Gasteiger partial charge in [0.25, 0.3) is 0 Å². The summed E-state index contributed by atoms with van der Waals surface area (Å²) < 4.78 is 1.30. The van der Waals surface area contributed by atoms with Gasteiger partial charge in [-0.15, -0.1) is 11.3 Å². The Morgan fingerprint density at radius 1 is 1.41 bits per heavy atom. The Morgan fingerprint density at radius 3 is 2.94 bits per heavy atom. The number of halogens is 1. The van der Waals surface area contributed by atoms with Crippen molar-refractivity contribution >= 4 is 39.1 Å². The molecule has 17 heavy (non-hydrogen) atoms. The van der Waals surface area contributed by atoms with Crippen molar-refractivity contribution in [3.05, 3.63) is 45.0 Å². The molecule has 0 unspecified atom stereocenters. The quantitative estimate of drug-likeness (QED) is 0.772. The second kappa shape index (κ2) is 4.94. The number of hydrogen-bond acceptors (Lipinski definition) is 3. The van der Waals surface area contributed by atoms with E-state index in [1.54, 1.807) is 11.3 Å². The van der Waals surface area contributed by atoms with E-state index >= 15 is 0 Å². The molecule has 0 aliphatic heterocycles. The second-order valence-electron chi connectivity index (χ2n) is 4.30. The van der Waals surface area contributed by atoms with E-state index in [-0.39, 0.29) is 0 Å². The standard InChI is InChI=1S/C13H13IN2S/c14-11-3-1-2-10(8-11)9-16(12-4-5-12)13-15-6-7-17-13/h1-3,6-8,12H,4-5,9H2. The fourth-order valence-corrected chi connectivity index (χ4v) is 3.25. The average Bonchev–Trinajstić information content (AvgIpc) is 3.01. The normalized spacial score (nSPS) is 14.9. The monoisotopic (exact) mass is 356 g/mol. The summed E-state index contributed by atoms with van der Waals surface area (Å²) in [5.41, 5.74) is 1.37. The zero-order valence-corrected chi connectivity index (χ0v) is 12.3. The van der Waals surface area contributed by atoms with Crippen molar-refractivity contribution < 1.29 is 0 Å². The van der Waals surface area contributed by atoms with Crippen LogP contribution < -0.4 is 4.90 Å². The van der Waals surface area contributed by atoms with Crippen molar-refractivity contribution in [2.75, 3.05) is 4.90 Å². The second-order valence-corrected chi connectivity index (χ2v) is 6.42. The molecular formula is C13H13IN2S. The van der Waals surface area contributed by atoms with Gasteiger partial charge in [-0.2, -0.15) is 0 Å². The summed E-state index contributed by atoms with van der Waals surface area (Å²) in [4.78, 5) is 6.88. The molecule has 1 aromatic carbocycles. The molecule has 1 aromatic heterocycles. The minimum absolute atomic E-state index is 0.707. The SMILES string of the molecule is Ic1cccc(CN(c2nccs2)C2CC2)c1. The number of thiazole rings is 1. The van der Waals surface area contributed by atoms with Crippen molar-refractivity contribution in [3.63, 3.8) is 0 Å². The van der Waals surface area contributed by atoms with Crippen molar-refractivity contribution in [3.8, 4) is 0 Å². The fraction of sp³-hybridized carbons (Fsp3) is 0.308. The first-order valence-electron chi connectivity index (χ1n) is 5.73. The molecule has 2 nitrogen and oxygen atoms in total. The van der Waals surface area contributed by atoms with Crippen LogP contribution in [0.5, 0.6) is 0 Å². The molecule has 0 saturated heterocycles. The molecule has 1 aliphatic carbocycles. The Bertz CT molecular complexity index is 494. The highest BCUT2D eigenvalue weighted by molar-refractivity contribution is 14.1. The van der Waals surface area contributed by atoms with E-state index in [1.807, 2.05) is 6.20 Å². The lowest BCUT2D eigenvalue weighted by Crippen LogP contribution is -2.24. The van der Waals surface area contributed by atoms with Crippen molar-refractivity contribution in [2.45, 2.75) is 25.4 Å². The van der Waals surface area contributed by atoms with Crippen LogP contribution in [0.2, 0.25) is 0 Å². The number of anilines is 1. The lowest BCUT2D eigenvalue weighted by Gasteiger charge is -2.21. The van der Waals surface area contributed by atoms with E-state index in [2.05, 4.69) is 62.1 Å². The first-order valence-corrected chi connectivity index (χ1v) is 7.69. The molecule has 0 bridgehead atoms. The summed E-state index contributed by atoms with van der Waals surface area (Å²) >= 11 is 4.10. The van der Waals surface area contributed by atoms with E-state index in [0.29, 0.717) is 6.04 Å². The van der Waals surface area contributed by atoms with Crippen molar-refractivity contribution in [1.29, 1.82) is 0 Å². The average molecular weight is 356 g/mol. The van der Waals surface area contributed by atoms with E-state index < -0.39 is 0 Å². The van der Waals surface area contributed by atoms with Gasteiger partial charge in [-0.3, -0.25) is 0 Å². The van der Waals surface area contributed by atoms with E-state index in [9.17, 15) is 0 Å². The Morgan fingerprint density at radius 2 is 2.29 bits per heavy atom. The predicted molar refractivity (Wildman–Crippen MR) is 80.5 cm³/mol. The van der Waals surface area contributed by atoms with Gasteiger partial charge in [0.05, 0.1) is 0 Å². The fourth-order valence-electron chi connectivity index (χ4n) is 1.93. The summed E-state index contributed by atoms with van der Waals surface area (Å²) in [6.07, 6.45) is 4.51. The third-order valence-corrected chi connectivity index (χ3v) is 4.37. The van der Waals surface area contributed by atoms with Crippen LogP contribution >= 0.6 is 33.9 Å². The molecule has 4 heteroatoms. The molecule has 1 fully saturated rings. The Balaban J connectivity index is 1.81. The highest BCUT2D eigenvalue weighted by atomic mass is 127. The summed E-state index contributed by atoms with van der Waals surface area (Å²) in [5, 5.41) is 3.21. The molecule has 88 valence electrons. The first-order chi connectivity index (χ1) is 8.33. The Kier molecular flexibility index (Phi) is 3.33. The van der Waals surface area contributed by atoms with E-state index in [4.69, 9.17) is 0 Å². The predicted octanol–water partition coefficient (Wildman–Crippen LogP) is 3.92. The van der Waals surface area contributed by atoms with Crippen molar-refractivity contribution in [1.82, 2.24) is 4.98 Å². The van der Waals surface area contributed by atoms with Crippen LogP contribution in [0.3, 0.4) is 0 Å². The maximum Gasteiger partial charge on any atom is 0.185 e. The molecular weight excluding hydrogens is 343 g/mol. The molecule has 0 radical (unpaired) electrons. The molecule has 0 spiro atoms. The van der Waals surface area contributed by atoms with Gasteiger partial charge in [0.15, 0.2) is 5.13 Å². The van der Waals surface area contributed by atoms with Crippen molar-refractivity contribution in [2.24, 2.45) is 0 Å². The summed E-state index contributed by atoms with van der Waals surface area (Å²) in [7, 11) is 0. The summed E-state index contributed by atoms with van der Waals surface area (Å²) in [6, 6.07) is 9.42. The van der Waals surface area contributed by atoms with Gasteiger partial charge in [-0.25, -0.2) is 4.98 Å². The van der Waals surface area contributed by atoms with Crippen LogP contribution in [-0.2, 0) is 6.54 Å². The Labute approximate surface area is 119 Å². The molecule has 1 aliphatic rings. The lowest BCUT2D eigenvalue weighted by molar-refractivity contribution is 0.789. The maximum absolute atomic E-state index is 4.44. The molecule has 0 N–H and O–H groups in total. The van der Waals surface area contributed by atoms with Crippen LogP contribution in [0.25, 0.3) is 0 Å². The van der Waals surface area contributed by atoms with E-state index in [0.717, 1.165) is 11.7 Å². The van der Waals surface area contributed by atoms with Gasteiger partial charge in [-0.1, -0.05) is 12.1 Å². The van der Waals surface area contributed by atoms with E-state index in [1.165, 1.54) is 22.0 Å². The Hall–Kier alpha value is -0.620. The zero-order valence-electron chi connectivity index (χ0n) is 9.34. The lowest BCUT2D eigenvalue weighted by atomic mass is 10.2. The van der Waals surface area contributed by atoms with Gasteiger partial charge in [-0.05, 0) is 53.1 Å². The zero-order chi connectivity index (χ0) is 11.7. The molecule has 3 rings (SSSR count). The van der Waals surface area contributed by atoms with Crippen LogP contribution in [0, 0.1) is 3.57 Å². The first kappa shape index (κ1) is 11.5. The van der Waals surface area contributed by atoms with Gasteiger partial charge in [0.1, 0.15) is 0 Å². The number of rotatable bonds is 4. The highest BCUT2D eigenvalue weighted by Crippen LogP contribution is 2.34. The molecule has 0 atom stereocenters. The number of benzene rings is 1. The van der Waals surface area contributed by atoms with Gasteiger partial charge < -0.3 is 4.90 Å². The highest BCUT2D eigenvalue weighted by Gasteiger charge is 2.30. The van der Waals surface area contributed by atoms with Gasteiger partial charge in [0.2, 0.25) is 0 Å². The van der Waals surface area contributed by atoms with Crippen LogP contribution in [0.1, 0.15) is 18.4 Å². The summed E-state index contributed by atoms with van der Waals surface area (Å²) in [5.74, 6) is 0. The molecule has 2 aromatic rings. The minimum atomic E-state index is 0.707. The molecule has 1 heterocycles. The minimum Gasteiger partial charge on any atom is -0.341 e. The third-order valence-electron chi connectivity index (χ3n) is 2.89. The van der Waals surface area contributed by atoms with Crippen LogP contribution in [-0.4, -0.2) is 11.0 Å². The maximum atomic E-state index is 4.44. The van der Waals surface area contributed by atoms with Gasteiger partial charge >= 0.3 is 0 Å². The number of nitrogens with zero attached hydrogens (tertiary/aromatic N) is 2. The largest absolute Gasteiger partial charge is 0.341 e. The van der Waals surface area contributed by atoms with Gasteiger partial charge in [0, 0.05) is 27.7 Å². The van der Waals surface area contributed by atoms with Crippen LogP contribution in [0.15, 0.2) is 35.8 Å². The van der Waals surface area contributed by atoms with Crippen LogP contribution in [0.4, 0.5) is 5.13 Å². The molecule has 0 amide bonds. The number of hydrogen-bond donors (Lipinski definition) is 0. The topological polar surface area (TPSA) is 16.1 Å². The third kappa shape index (κ3) is 2.80. The summed E-state index contributed by atoms with van der Waals surface area (Å²) in [6.45, 7) is 0.981. The number of aromatic nitrogens is 1.